The van der Waals surface area contributed by atoms with E-state index < -0.39 is 0 Å². The minimum atomic E-state index is -0.331. The maximum Gasteiger partial charge on any atom is 0.341 e. The lowest BCUT2D eigenvalue weighted by atomic mass is 9.95. The van der Waals surface area contributed by atoms with Crippen LogP contribution in [0.1, 0.15) is 70.0 Å². The number of carbonyl (C=O) groups is 2. The van der Waals surface area contributed by atoms with Gasteiger partial charge in [-0.05, 0) is 51.5 Å². The Bertz CT molecular complexity index is 822. The van der Waals surface area contributed by atoms with E-state index in [-0.39, 0.29) is 11.9 Å². The molecular formula is C19H25N3O3S. The van der Waals surface area contributed by atoms with E-state index in [1.165, 1.54) is 16.2 Å². The van der Waals surface area contributed by atoms with Crippen LogP contribution >= 0.6 is 11.3 Å². The molecule has 0 unspecified atom stereocenters. The van der Waals surface area contributed by atoms with Crippen molar-refractivity contribution in [1.82, 2.24) is 9.78 Å². The summed E-state index contributed by atoms with van der Waals surface area (Å²) in [7, 11) is 0. The molecule has 6 nitrogen and oxygen atoms in total. The summed E-state index contributed by atoms with van der Waals surface area (Å²) in [5.74, 6) is -0.562. The number of rotatable bonds is 6. The van der Waals surface area contributed by atoms with Crippen LogP contribution in [-0.4, -0.2) is 28.3 Å². The van der Waals surface area contributed by atoms with E-state index in [1.807, 2.05) is 20.8 Å². The fourth-order valence-electron chi connectivity index (χ4n) is 3.21. The van der Waals surface area contributed by atoms with Crippen molar-refractivity contribution in [2.75, 3.05) is 11.9 Å². The van der Waals surface area contributed by atoms with Crippen molar-refractivity contribution in [3.05, 3.63) is 33.5 Å². The van der Waals surface area contributed by atoms with E-state index in [0.717, 1.165) is 37.7 Å². The highest BCUT2D eigenvalue weighted by Gasteiger charge is 2.28. The number of fused-ring (bicyclic) bond motifs is 1. The number of hydrogen-bond acceptors (Lipinski definition) is 5. The molecule has 0 saturated heterocycles. The average Bonchev–Trinajstić information content (AvgIpc) is 3.19. The second-order valence-electron chi connectivity index (χ2n) is 6.49. The van der Waals surface area contributed by atoms with Crippen LogP contribution in [-0.2, 0) is 24.1 Å². The summed E-state index contributed by atoms with van der Waals surface area (Å²) in [4.78, 5) is 26.6. The van der Waals surface area contributed by atoms with Crippen LogP contribution in [0.15, 0.2) is 6.20 Å². The second kappa shape index (κ2) is 8.03. The largest absolute Gasteiger partial charge is 0.462 e. The van der Waals surface area contributed by atoms with Gasteiger partial charge in [-0.3, -0.25) is 9.48 Å². The first-order valence-corrected chi connectivity index (χ1v) is 10.0. The number of carbonyl (C=O) groups excluding carboxylic acids is 2. The molecule has 2 heterocycles. The smallest absolute Gasteiger partial charge is 0.341 e. The Labute approximate surface area is 157 Å². The van der Waals surface area contributed by atoms with Gasteiger partial charge in [-0.15, -0.1) is 11.3 Å². The fourth-order valence-corrected chi connectivity index (χ4v) is 4.48. The average molecular weight is 375 g/mol. The van der Waals surface area contributed by atoms with E-state index in [0.29, 0.717) is 35.0 Å². The summed E-state index contributed by atoms with van der Waals surface area (Å²) >= 11 is 1.51. The summed E-state index contributed by atoms with van der Waals surface area (Å²) < 4.78 is 7.11. The van der Waals surface area contributed by atoms with Crippen LogP contribution in [0.25, 0.3) is 0 Å². The number of amides is 1. The van der Waals surface area contributed by atoms with Gasteiger partial charge in [0.1, 0.15) is 5.00 Å². The third-order valence-corrected chi connectivity index (χ3v) is 5.76. The van der Waals surface area contributed by atoms with Crippen LogP contribution in [0, 0.1) is 6.92 Å². The first kappa shape index (κ1) is 18.6. The SMILES string of the molecule is CCCOC(=O)c1c(NC(=O)c2cn(CC)nc2C)sc2c1CCCC2. The van der Waals surface area contributed by atoms with E-state index in [9.17, 15) is 9.59 Å². The third-order valence-electron chi connectivity index (χ3n) is 4.55. The van der Waals surface area contributed by atoms with Crippen molar-refractivity contribution in [2.24, 2.45) is 0 Å². The molecule has 1 aliphatic rings. The van der Waals surface area contributed by atoms with E-state index in [4.69, 9.17) is 4.74 Å². The molecule has 2 aromatic heterocycles. The Morgan fingerprint density at radius 1 is 1.31 bits per heavy atom. The maximum atomic E-state index is 12.8. The molecule has 0 saturated carbocycles. The molecule has 0 fully saturated rings. The Balaban J connectivity index is 1.91. The second-order valence-corrected chi connectivity index (χ2v) is 7.59. The lowest BCUT2D eigenvalue weighted by Crippen LogP contribution is -2.16. The predicted molar refractivity (Wildman–Crippen MR) is 102 cm³/mol. The quantitative estimate of drug-likeness (QED) is 0.775. The van der Waals surface area contributed by atoms with E-state index in [2.05, 4.69) is 10.4 Å². The van der Waals surface area contributed by atoms with Gasteiger partial charge < -0.3 is 10.1 Å². The van der Waals surface area contributed by atoms with Gasteiger partial charge in [0.15, 0.2) is 0 Å². The zero-order valence-corrected chi connectivity index (χ0v) is 16.4. The highest BCUT2D eigenvalue weighted by Crippen LogP contribution is 2.38. The number of hydrogen-bond donors (Lipinski definition) is 1. The van der Waals surface area contributed by atoms with Gasteiger partial charge in [-0.2, -0.15) is 5.10 Å². The molecule has 0 aliphatic heterocycles. The number of ether oxygens (including phenoxy) is 1. The van der Waals surface area contributed by atoms with Gasteiger partial charge in [0.05, 0.1) is 23.4 Å². The van der Waals surface area contributed by atoms with Crippen LogP contribution in [0.2, 0.25) is 0 Å². The number of esters is 1. The molecule has 0 radical (unpaired) electrons. The Morgan fingerprint density at radius 3 is 2.77 bits per heavy atom. The summed E-state index contributed by atoms with van der Waals surface area (Å²) in [6.45, 7) is 6.85. The van der Waals surface area contributed by atoms with E-state index in [1.54, 1.807) is 10.9 Å². The summed E-state index contributed by atoms with van der Waals surface area (Å²) in [6, 6.07) is 0. The Morgan fingerprint density at radius 2 is 2.08 bits per heavy atom. The molecule has 1 amide bonds. The normalized spacial score (nSPS) is 13.3. The fraction of sp³-hybridized carbons (Fsp3) is 0.526. The summed E-state index contributed by atoms with van der Waals surface area (Å²) in [5.41, 5.74) is 2.82. The van der Waals surface area contributed by atoms with E-state index >= 15 is 0 Å². The lowest BCUT2D eigenvalue weighted by molar-refractivity contribution is 0.0505. The third kappa shape index (κ3) is 3.67. The molecule has 2 aromatic rings. The zero-order valence-electron chi connectivity index (χ0n) is 15.6. The van der Waals surface area contributed by atoms with Gasteiger partial charge in [0.25, 0.3) is 5.91 Å². The Hall–Kier alpha value is -2.15. The zero-order chi connectivity index (χ0) is 18.7. The number of nitrogens with one attached hydrogen (secondary N) is 1. The first-order chi connectivity index (χ1) is 12.5. The highest BCUT2D eigenvalue weighted by molar-refractivity contribution is 7.17. The summed E-state index contributed by atoms with van der Waals surface area (Å²) in [6.07, 6.45) is 6.52. The molecule has 1 aliphatic carbocycles. The monoisotopic (exact) mass is 375 g/mol. The standard InChI is InChI=1S/C19H25N3O3S/c1-4-10-25-19(24)16-13-8-6-7-9-15(13)26-18(16)20-17(23)14-11-22(5-2)21-12(14)3/h11H,4-10H2,1-3H3,(H,20,23). The lowest BCUT2D eigenvalue weighted by Gasteiger charge is -2.12. The van der Waals surface area contributed by atoms with Gasteiger partial charge in [-0.1, -0.05) is 6.92 Å². The molecule has 3 rings (SSSR count). The number of thiophene rings is 1. The minimum Gasteiger partial charge on any atom is -0.462 e. The van der Waals surface area contributed by atoms with Crippen LogP contribution < -0.4 is 5.32 Å². The molecular weight excluding hydrogens is 350 g/mol. The Kier molecular flexibility index (Phi) is 5.76. The van der Waals surface area contributed by atoms with Crippen LogP contribution in [0.4, 0.5) is 5.00 Å². The number of nitrogens with zero attached hydrogens (tertiary/aromatic N) is 2. The van der Waals surface area contributed by atoms with Crippen molar-refractivity contribution in [3.63, 3.8) is 0 Å². The summed E-state index contributed by atoms with van der Waals surface area (Å²) in [5, 5.41) is 7.87. The van der Waals surface area contributed by atoms with Crippen LogP contribution in [0.5, 0.6) is 0 Å². The molecule has 0 aromatic carbocycles. The number of aryl methyl sites for hydroxylation is 3. The minimum absolute atomic E-state index is 0.231. The molecule has 0 bridgehead atoms. The van der Waals surface area contributed by atoms with Gasteiger partial charge >= 0.3 is 5.97 Å². The highest BCUT2D eigenvalue weighted by atomic mass is 32.1. The van der Waals surface area contributed by atoms with Gasteiger partial charge in [0, 0.05) is 17.6 Å². The first-order valence-electron chi connectivity index (χ1n) is 9.22. The molecule has 140 valence electrons. The molecule has 0 atom stereocenters. The molecule has 7 heteroatoms. The topological polar surface area (TPSA) is 73.2 Å². The number of aromatic nitrogens is 2. The van der Waals surface area contributed by atoms with Crippen molar-refractivity contribution >= 4 is 28.2 Å². The molecule has 1 N–H and O–H groups in total. The predicted octanol–water partition coefficient (Wildman–Crippen LogP) is 3.97. The van der Waals surface area contributed by atoms with Crippen molar-refractivity contribution < 1.29 is 14.3 Å². The van der Waals surface area contributed by atoms with Crippen molar-refractivity contribution in [3.8, 4) is 0 Å². The molecule has 0 spiro atoms. The van der Waals surface area contributed by atoms with Crippen molar-refractivity contribution in [2.45, 2.75) is 59.4 Å². The van der Waals surface area contributed by atoms with Gasteiger partial charge in [0.2, 0.25) is 0 Å². The number of anilines is 1. The molecule has 26 heavy (non-hydrogen) atoms. The van der Waals surface area contributed by atoms with Gasteiger partial charge in [-0.25, -0.2) is 4.79 Å². The van der Waals surface area contributed by atoms with Crippen LogP contribution in [0.3, 0.4) is 0 Å². The van der Waals surface area contributed by atoms with Crippen molar-refractivity contribution in [1.29, 1.82) is 0 Å². The maximum absolute atomic E-state index is 12.8.